The number of halogens is 1. The van der Waals surface area contributed by atoms with Gasteiger partial charge in [0.2, 0.25) is 0 Å². The summed E-state index contributed by atoms with van der Waals surface area (Å²) in [6.07, 6.45) is 3.69. The minimum Gasteiger partial charge on any atom is -0.394 e. The molecule has 2 unspecified atom stereocenters. The van der Waals surface area contributed by atoms with Crippen molar-refractivity contribution < 1.29 is 9.90 Å². The van der Waals surface area contributed by atoms with Gasteiger partial charge in [0.1, 0.15) is 5.69 Å². The zero-order valence-corrected chi connectivity index (χ0v) is 12.2. The molecule has 19 heavy (non-hydrogen) atoms. The second-order valence-electron chi connectivity index (χ2n) is 5.25. The van der Waals surface area contributed by atoms with Gasteiger partial charge in [0.15, 0.2) is 0 Å². The van der Waals surface area contributed by atoms with Crippen LogP contribution in [-0.2, 0) is 6.54 Å². The fourth-order valence-corrected chi connectivity index (χ4v) is 2.99. The Morgan fingerprint density at radius 2 is 2.32 bits per heavy atom. The fraction of sp³-hybridized carbons (Fsp3) is 0.643. The van der Waals surface area contributed by atoms with Crippen molar-refractivity contribution in [2.45, 2.75) is 39.3 Å². The molecule has 0 saturated carbocycles. The molecule has 0 aliphatic carbocycles. The van der Waals surface area contributed by atoms with Gasteiger partial charge in [-0.25, -0.2) is 0 Å². The number of aryl methyl sites for hydroxylation is 1. The highest BCUT2D eigenvalue weighted by molar-refractivity contribution is 6.31. The normalized spacial score (nSPS) is 23.1. The van der Waals surface area contributed by atoms with Crippen LogP contribution in [0.1, 0.15) is 37.2 Å². The number of rotatable bonds is 4. The smallest absolute Gasteiger partial charge is 0.270 e. The average Bonchev–Trinajstić information content (AvgIpc) is 2.92. The van der Waals surface area contributed by atoms with E-state index < -0.39 is 0 Å². The van der Waals surface area contributed by atoms with Gasteiger partial charge in [0.05, 0.1) is 17.7 Å². The van der Waals surface area contributed by atoms with Crippen LogP contribution >= 0.6 is 11.6 Å². The molecule has 1 aliphatic rings. The van der Waals surface area contributed by atoms with Crippen LogP contribution in [0.3, 0.4) is 0 Å². The molecule has 0 bridgehead atoms. The Labute approximate surface area is 119 Å². The van der Waals surface area contributed by atoms with Crippen LogP contribution in [0.2, 0.25) is 5.02 Å². The topological polar surface area (TPSA) is 45.5 Å². The molecule has 4 nitrogen and oxygen atoms in total. The zero-order chi connectivity index (χ0) is 14.0. The van der Waals surface area contributed by atoms with E-state index in [1.165, 1.54) is 0 Å². The van der Waals surface area contributed by atoms with Crippen LogP contribution in [0.15, 0.2) is 12.3 Å². The summed E-state index contributed by atoms with van der Waals surface area (Å²) >= 11 is 6.01. The number of amides is 1. The molecule has 0 spiro atoms. The molecule has 1 aromatic heterocycles. The van der Waals surface area contributed by atoms with Crippen molar-refractivity contribution in [3.05, 3.63) is 23.0 Å². The number of aliphatic hydroxyl groups is 1. The predicted molar refractivity (Wildman–Crippen MR) is 75.4 cm³/mol. The van der Waals surface area contributed by atoms with E-state index in [1.807, 2.05) is 4.57 Å². The van der Waals surface area contributed by atoms with Crippen molar-refractivity contribution in [2.75, 3.05) is 13.2 Å². The monoisotopic (exact) mass is 284 g/mol. The number of likely N-dealkylation sites (tertiary alicyclic amines) is 1. The molecule has 1 fully saturated rings. The summed E-state index contributed by atoms with van der Waals surface area (Å²) in [5.74, 6) is 0.322. The standard InChI is InChI=1S/C14H21ClN2O2/c1-3-5-16-8-11(15)7-12(16)14(19)17-6-4-10(2)13(17)9-18/h7-8,10,13,18H,3-6,9H2,1-2H3. The quantitative estimate of drug-likeness (QED) is 0.923. The largest absolute Gasteiger partial charge is 0.394 e. The summed E-state index contributed by atoms with van der Waals surface area (Å²) in [6, 6.07) is 1.65. The molecule has 1 aliphatic heterocycles. The maximum Gasteiger partial charge on any atom is 0.270 e. The Kier molecular flexibility index (Phi) is 4.53. The van der Waals surface area contributed by atoms with E-state index in [2.05, 4.69) is 13.8 Å². The average molecular weight is 285 g/mol. The van der Waals surface area contributed by atoms with Gasteiger partial charge in [-0.05, 0) is 24.8 Å². The van der Waals surface area contributed by atoms with Crippen LogP contribution in [0.5, 0.6) is 0 Å². The number of aromatic nitrogens is 1. The second-order valence-corrected chi connectivity index (χ2v) is 5.69. The minimum atomic E-state index is -0.0729. The highest BCUT2D eigenvalue weighted by Gasteiger charge is 2.35. The zero-order valence-electron chi connectivity index (χ0n) is 11.5. The van der Waals surface area contributed by atoms with Gasteiger partial charge in [-0.15, -0.1) is 0 Å². The molecule has 1 N–H and O–H groups in total. The molecule has 2 atom stereocenters. The highest BCUT2D eigenvalue weighted by atomic mass is 35.5. The van der Waals surface area contributed by atoms with Crippen molar-refractivity contribution in [3.8, 4) is 0 Å². The van der Waals surface area contributed by atoms with E-state index >= 15 is 0 Å². The third-order valence-corrected chi connectivity index (χ3v) is 4.08. The summed E-state index contributed by atoms with van der Waals surface area (Å²) in [6.45, 7) is 5.65. The SMILES string of the molecule is CCCn1cc(Cl)cc1C(=O)N1CCC(C)C1CO. The lowest BCUT2D eigenvalue weighted by atomic mass is 10.0. The molecule has 2 rings (SSSR count). The van der Waals surface area contributed by atoms with E-state index in [1.54, 1.807) is 17.2 Å². The Bertz CT molecular complexity index is 458. The fourth-order valence-electron chi connectivity index (χ4n) is 2.77. The maximum absolute atomic E-state index is 12.6. The molecule has 1 aromatic rings. The van der Waals surface area contributed by atoms with Crippen LogP contribution < -0.4 is 0 Å². The highest BCUT2D eigenvalue weighted by Crippen LogP contribution is 2.26. The summed E-state index contributed by atoms with van der Waals surface area (Å²) < 4.78 is 1.90. The molecule has 0 radical (unpaired) electrons. The van der Waals surface area contributed by atoms with Gasteiger partial charge in [-0.2, -0.15) is 0 Å². The molecule has 106 valence electrons. The lowest BCUT2D eigenvalue weighted by Crippen LogP contribution is -2.40. The van der Waals surface area contributed by atoms with E-state index in [0.717, 1.165) is 19.4 Å². The molecule has 5 heteroatoms. The second kappa shape index (κ2) is 5.97. The third-order valence-electron chi connectivity index (χ3n) is 3.88. The van der Waals surface area contributed by atoms with Crippen molar-refractivity contribution in [2.24, 2.45) is 5.92 Å². The lowest BCUT2D eigenvalue weighted by Gasteiger charge is -2.25. The van der Waals surface area contributed by atoms with Crippen molar-refractivity contribution in [3.63, 3.8) is 0 Å². The molecular formula is C14H21ClN2O2. The van der Waals surface area contributed by atoms with Crippen LogP contribution in [0.4, 0.5) is 0 Å². The van der Waals surface area contributed by atoms with Crippen LogP contribution in [0.25, 0.3) is 0 Å². The summed E-state index contributed by atoms with van der Waals surface area (Å²) in [7, 11) is 0. The molecule has 2 heterocycles. The number of hydrogen-bond acceptors (Lipinski definition) is 2. The molecule has 0 aromatic carbocycles. The number of nitrogens with zero attached hydrogens (tertiary/aromatic N) is 2. The first-order valence-electron chi connectivity index (χ1n) is 6.86. The summed E-state index contributed by atoms with van der Waals surface area (Å²) in [4.78, 5) is 14.4. The van der Waals surface area contributed by atoms with Crippen molar-refractivity contribution in [1.82, 2.24) is 9.47 Å². The van der Waals surface area contributed by atoms with Gasteiger partial charge in [-0.1, -0.05) is 25.4 Å². The number of carbonyl (C=O) groups is 1. The number of aliphatic hydroxyl groups excluding tert-OH is 1. The van der Waals surface area contributed by atoms with Crippen LogP contribution in [0, 0.1) is 5.92 Å². The van der Waals surface area contributed by atoms with Gasteiger partial charge >= 0.3 is 0 Å². The van der Waals surface area contributed by atoms with Crippen molar-refractivity contribution >= 4 is 17.5 Å². The van der Waals surface area contributed by atoms with Gasteiger partial charge in [0.25, 0.3) is 5.91 Å². The lowest BCUT2D eigenvalue weighted by molar-refractivity contribution is 0.0637. The Balaban J connectivity index is 2.24. The minimum absolute atomic E-state index is 0.0229. The van der Waals surface area contributed by atoms with E-state index in [0.29, 0.717) is 23.2 Å². The summed E-state index contributed by atoms with van der Waals surface area (Å²) in [5, 5.41) is 10.0. The Morgan fingerprint density at radius 1 is 1.58 bits per heavy atom. The predicted octanol–water partition coefficient (Wildman–Crippen LogP) is 2.39. The summed E-state index contributed by atoms with van der Waals surface area (Å²) in [5.41, 5.74) is 0.624. The van der Waals surface area contributed by atoms with E-state index in [4.69, 9.17) is 11.6 Å². The van der Waals surface area contributed by atoms with Gasteiger partial charge in [-0.3, -0.25) is 4.79 Å². The van der Waals surface area contributed by atoms with E-state index in [-0.39, 0.29) is 18.6 Å². The first-order chi connectivity index (χ1) is 9.08. The first kappa shape index (κ1) is 14.4. The van der Waals surface area contributed by atoms with E-state index in [9.17, 15) is 9.90 Å². The molecule has 1 saturated heterocycles. The Morgan fingerprint density at radius 3 is 2.95 bits per heavy atom. The molecular weight excluding hydrogens is 264 g/mol. The molecule has 1 amide bonds. The van der Waals surface area contributed by atoms with Crippen molar-refractivity contribution in [1.29, 1.82) is 0 Å². The first-order valence-corrected chi connectivity index (χ1v) is 7.23. The number of hydrogen-bond donors (Lipinski definition) is 1. The van der Waals surface area contributed by atoms with Crippen LogP contribution in [-0.4, -0.2) is 39.7 Å². The van der Waals surface area contributed by atoms with Gasteiger partial charge < -0.3 is 14.6 Å². The van der Waals surface area contributed by atoms with Gasteiger partial charge in [0, 0.05) is 19.3 Å². The Hall–Kier alpha value is -1.00. The maximum atomic E-state index is 12.6. The number of carbonyl (C=O) groups excluding carboxylic acids is 1. The third kappa shape index (κ3) is 2.79.